The molecule has 0 amide bonds. The van der Waals surface area contributed by atoms with E-state index in [1.54, 1.807) is 0 Å². The van der Waals surface area contributed by atoms with Gasteiger partial charge < -0.3 is 47.4 Å². The summed E-state index contributed by atoms with van der Waals surface area (Å²) in [6.07, 6.45) is 12.7. The molecular weight excluding hydrogens is 674 g/mol. The van der Waals surface area contributed by atoms with Gasteiger partial charge in [0.2, 0.25) is 0 Å². The Bertz CT molecular complexity index is 1260. The van der Waals surface area contributed by atoms with E-state index in [0.29, 0.717) is 19.3 Å². The van der Waals surface area contributed by atoms with Crippen molar-refractivity contribution in [2.45, 2.75) is 159 Å². The van der Waals surface area contributed by atoms with E-state index in [-0.39, 0.29) is 19.3 Å². The Morgan fingerprint density at radius 1 is 0.472 bits per heavy atom. The second-order valence-corrected chi connectivity index (χ2v) is 14.1. The molecule has 0 spiro atoms. The van der Waals surface area contributed by atoms with Crippen molar-refractivity contribution in [1.29, 1.82) is 0 Å². The second kappa shape index (κ2) is 27.8. The van der Waals surface area contributed by atoms with E-state index in [1.807, 2.05) is 59.7 Å². The average molecular weight is 744 g/mol. The van der Waals surface area contributed by atoms with Gasteiger partial charge in [-0.1, -0.05) is 53.4 Å². The van der Waals surface area contributed by atoms with E-state index in [2.05, 4.69) is 27.7 Å². The molecule has 10 nitrogen and oxygen atoms in total. The molecule has 0 aromatic carbocycles. The van der Waals surface area contributed by atoms with Gasteiger partial charge in [-0.15, -0.1) is 0 Å². The Morgan fingerprint density at radius 2 is 0.698 bits per heavy atom. The van der Waals surface area contributed by atoms with Crippen LogP contribution < -0.4 is 15.3 Å². The van der Waals surface area contributed by atoms with Crippen LogP contribution in [0.25, 0.3) is 0 Å². The maximum atomic E-state index is 10.1. The van der Waals surface area contributed by atoms with Crippen LogP contribution in [-0.4, -0.2) is 48.6 Å². The van der Waals surface area contributed by atoms with Crippen molar-refractivity contribution in [2.75, 3.05) is 26.2 Å². The van der Waals surface area contributed by atoms with Crippen molar-refractivity contribution in [3.05, 3.63) is 69.5 Å². The first-order valence-corrected chi connectivity index (χ1v) is 19.6. The number of unbranched alkanes of at least 4 members (excludes halogenated alkanes) is 4. The largest absolute Gasteiger partial charge is 0.550 e. The molecule has 0 aliphatic heterocycles. The van der Waals surface area contributed by atoms with E-state index in [1.165, 1.54) is 82.0 Å². The third kappa shape index (κ3) is 22.8. The minimum atomic E-state index is -1.02. The van der Waals surface area contributed by atoms with Crippen LogP contribution >= 0.6 is 0 Å². The monoisotopic (exact) mass is 743 g/mol. The Kier molecular flexibility index (Phi) is 25.8. The minimum Gasteiger partial charge on any atom is -0.550 e. The molecular formula is C43H69NO9-2. The standard InChI is InChI=1S/C16H36N.3C9H12O3/c1-5-9-13-17(14-10-6-2,15-11-7-3)16-12-8-4;3*1-6-5-8(7(2)12-6)3-4-9(10)11/h5-16H2,1-4H3;3*5H,3-4H2,1-2H3,(H,10,11)/q+1;;;/p-3. The van der Waals surface area contributed by atoms with Gasteiger partial charge in [0.15, 0.2) is 0 Å². The number of carboxylic acid groups (broad SMARTS) is 3. The van der Waals surface area contributed by atoms with Gasteiger partial charge in [-0.2, -0.15) is 0 Å². The lowest BCUT2D eigenvalue weighted by molar-refractivity contribution is -0.929. The maximum absolute atomic E-state index is 10.1. The molecule has 0 aliphatic carbocycles. The number of rotatable bonds is 21. The zero-order chi connectivity index (χ0) is 40.4. The second-order valence-electron chi connectivity index (χ2n) is 14.1. The summed E-state index contributed by atoms with van der Waals surface area (Å²) in [4.78, 5) is 30.4. The highest BCUT2D eigenvalue weighted by atomic mass is 16.4. The number of quaternary nitrogens is 1. The number of aryl methyl sites for hydroxylation is 9. The molecule has 0 atom stereocenters. The maximum Gasteiger partial charge on any atom is 0.104 e. The molecule has 0 unspecified atom stereocenters. The third-order valence-electron chi connectivity index (χ3n) is 9.17. The van der Waals surface area contributed by atoms with Crippen molar-refractivity contribution < 1.29 is 47.4 Å². The van der Waals surface area contributed by atoms with E-state index in [0.717, 1.165) is 51.3 Å². The summed E-state index contributed by atoms with van der Waals surface area (Å²) in [6.45, 7) is 26.0. The first-order valence-electron chi connectivity index (χ1n) is 19.6. The van der Waals surface area contributed by atoms with Crippen LogP contribution in [0.3, 0.4) is 0 Å². The topological polar surface area (TPSA) is 160 Å². The van der Waals surface area contributed by atoms with Crippen molar-refractivity contribution in [3.8, 4) is 0 Å². The average Bonchev–Trinajstić information content (AvgIpc) is 3.73. The molecule has 0 radical (unpaired) electrons. The highest BCUT2D eigenvalue weighted by molar-refractivity contribution is 5.65. The van der Waals surface area contributed by atoms with Crippen LogP contribution in [0.5, 0.6) is 0 Å². The van der Waals surface area contributed by atoms with Crippen molar-refractivity contribution in [2.24, 2.45) is 0 Å². The normalized spacial score (nSPS) is 10.8. The molecule has 53 heavy (non-hydrogen) atoms. The van der Waals surface area contributed by atoms with Crippen LogP contribution in [0.4, 0.5) is 0 Å². The van der Waals surface area contributed by atoms with Gasteiger partial charge in [0.1, 0.15) is 34.6 Å². The number of carbonyl (C=O) groups excluding carboxylic acids is 3. The van der Waals surface area contributed by atoms with E-state index in [4.69, 9.17) is 13.3 Å². The predicted octanol–water partition coefficient (Wildman–Crippen LogP) is 6.74. The Balaban J connectivity index is 0.000000688. The van der Waals surface area contributed by atoms with E-state index >= 15 is 0 Å². The van der Waals surface area contributed by atoms with Gasteiger partial charge in [0, 0.05) is 17.9 Å². The third-order valence-corrected chi connectivity index (χ3v) is 9.17. The number of carbonyl (C=O) groups is 3. The van der Waals surface area contributed by atoms with Gasteiger partial charge in [-0.05, 0) is 141 Å². The summed E-state index contributed by atoms with van der Waals surface area (Å²) >= 11 is 0. The van der Waals surface area contributed by atoms with Crippen molar-refractivity contribution in [1.82, 2.24) is 0 Å². The zero-order valence-corrected chi connectivity index (χ0v) is 34.6. The molecule has 0 bridgehead atoms. The fourth-order valence-electron chi connectivity index (χ4n) is 6.15. The quantitative estimate of drug-likeness (QED) is 0.108. The van der Waals surface area contributed by atoms with Gasteiger partial charge in [0.05, 0.1) is 26.2 Å². The molecule has 0 fully saturated rings. The number of nitrogens with zero attached hydrogens (tertiary/aromatic N) is 1. The molecule has 0 N–H and O–H groups in total. The Morgan fingerprint density at radius 3 is 0.849 bits per heavy atom. The summed E-state index contributed by atoms with van der Waals surface area (Å²) in [5.74, 6) is 1.80. The number of furan rings is 3. The molecule has 302 valence electrons. The van der Waals surface area contributed by atoms with E-state index in [9.17, 15) is 29.7 Å². The molecule has 3 heterocycles. The lowest BCUT2D eigenvalue weighted by atomic mass is 10.1. The molecule has 3 rings (SSSR count). The summed E-state index contributed by atoms with van der Waals surface area (Å²) in [6, 6.07) is 5.58. The number of hydrogen-bond acceptors (Lipinski definition) is 9. The highest BCUT2D eigenvalue weighted by Crippen LogP contribution is 2.18. The number of hydrogen-bond donors (Lipinski definition) is 0. The molecule has 0 aliphatic rings. The van der Waals surface area contributed by atoms with Crippen molar-refractivity contribution >= 4 is 17.9 Å². The lowest BCUT2D eigenvalue weighted by Gasteiger charge is -2.39. The Labute approximate surface area is 319 Å². The predicted molar refractivity (Wildman–Crippen MR) is 204 cm³/mol. The van der Waals surface area contributed by atoms with Crippen LogP contribution in [-0.2, 0) is 33.6 Å². The fraction of sp³-hybridized carbons (Fsp3) is 0.651. The van der Waals surface area contributed by atoms with Gasteiger partial charge in [-0.3, -0.25) is 0 Å². The summed E-state index contributed by atoms with van der Waals surface area (Å²) in [5, 5.41) is 30.4. The van der Waals surface area contributed by atoms with Crippen molar-refractivity contribution in [3.63, 3.8) is 0 Å². The van der Waals surface area contributed by atoms with Crippen LogP contribution in [0.1, 0.15) is 150 Å². The van der Waals surface area contributed by atoms with Gasteiger partial charge in [-0.25, -0.2) is 0 Å². The first kappa shape index (κ1) is 49.2. The Hall–Kier alpha value is -3.79. The molecule has 0 saturated carbocycles. The smallest absolute Gasteiger partial charge is 0.104 e. The molecule has 10 heteroatoms. The van der Waals surface area contributed by atoms with Crippen LogP contribution in [0, 0.1) is 41.5 Å². The zero-order valence-electron chi connectivity index (χ0n) is 34.6. The van der Waals surface area contributed by atoms with Crippen LogP contribution in [0.2, 0.25) is 0 Å². The minimum absolute atomic E-state index is 0.0554. The van der Waals surface area contributed by atoms with E-state index < -0.39 is 17.9 Å². The molecule has 3 aromatic heterocycles. The highest BCUT2D eigenvalue weighted by Gasteiger charge is 2.24. The summed E-state index contributed by atoms with van der Waals surface area (Å²) in [7, 11) is 0. The summed E-state index contributed by atoms with van der Waals surface area (Å²) < 4.78 is 17.1. The SMILES string of the molecule is CCCC[N+](CCCC)(CCCC)CCCC.Cc1cc(CCC(=O)[O-])c(C)o1.Cc1cc(CCC(=O)[O-])c(C)o1.Cc1cc(CCC(=O)[O-])c(C)o1. The van der Waals surface area contributed by atoms with Gasteiger partial charge in [0.25, 0.3) is 0 Å². The number of carboxylic acids is 3. The fourth-order valence-corrected chi connectivity index (χ4v) is 6.15. The number of aliphatic carboxylic acids is 3. The lowest BCUT2D eigenvalue weighted by Crippen LogP contribution is -2.50. The van der Waals surface area contributed by atoms with Crippen LogP contribution in [0.15, 0.2) is 31.5 Å². The summed E-state index contributed by atoms with van der Waals surface area (Å²) in [5.41, 5.74) is 2.87. The molecule has 0 saturated heterocycles. The molecule has 3 aromatic rings. The first-order chi connectivity index (χ1) is 25.0. The van der Waals surface area contributed by atoms with Gasteiger partial charge >= 0.3 is 0 Å².